The van der Waals surface area contributed by atoms with E-state index in [1.54, 1.807) is 24.3 Å². The van der Waals surface area contributed by atoms with Crippen LogP contribution in [0.2, 0.25) is 0 Å². The van der Waals surface area contributed by atoms with E-state index in [-0.39, 0.29) is 10.6 Å². The molecule has 0 bridgehead atoms. The molecule has 0 atom stereocenters. The molecule has 0 unspecified atom stereocenters. The lowest BCUT2D eigenvalue weighted by molar-refractivity contribution is -0.384. The van der Waals surface area contributed by atoms with Crippen LogP contribution < -0.4 is 0 Å². The fourth-order valence-corrected chi connectivity index (χ4v) is 1.93. The lowest BCUT2D eigenvalue weighted by Gasteiger charge is -2.02. The van der Waals surface area contributed by atoms with Crippen LogP contribution in [0.15, 0.2) is 48.5 Å². The molecular weight excluding hydrogens is 329 g/mol. The molecule has 0 amide bonds. The summed E-state index contributed by atoms with van der Waals surface area (Å²) in [6, 6.07) is 14.9. The second-order valence-electron chi connectivity index (χ2n) is 3.73. The van der Waals surface area contributed by atoms with Gasteiger partial charge in [0.1, 0.15) is 0 Å². The van der Waals surface area contributed by atoms with Gasteiger partial charge in [-0.1, -0.05) is 24.3 Å². The molecule has 0 N–H and O–H groups in total. The Morgan fingerprint density at radius 1 is 0.941 bits per heavy atom. The van der Waals surface area contributed by atoms with Crippen LogP contribution >= 0.6 is 22.6 Å². The third kappa shape index (κ3) is 3.26. The first kappa shape index (κ1) is 12.0. The monoisotopic (exact) mass is 339 g/mol. The highest BCUT2D eigenvalue weighted by Crippen LogP contribution is 2.16. The summed E-state index contributed by atoms with van der Waals surface area (Å²) in [4.78, 5) is 10.1. The van der Waals surface area contributed by atoms with E-state index in [2.05, 4.69) is 46.9 Å². The first-order chi connectivity index (χ1) is 8.15. The van der Waals surface area contributed by atoms with E-state index in [0.29, 0.717) is 0 Å². The van der Waals surface area contributed by atoms with E-state index < -0.39 is 0 Å². The lowest BCUT2D eigenvalue weighted by atomic mass is 10.1. The van der Waals surface area contributed by atoms with Crippen molar-refractivity contribution in [2.45, 2.75) is 6.42 Å². The standard InChI is InChI=1S/C13H10INO2/c14-12-5-1-10(2-6-12)9-11-3-7-13(8-4-11)15(16)17/h1-8H,9H2. The number of non-ortho nitro benzene ring substituents is 1. The van der Waals surface area contributed by atoms with E-state index in [1.165, 1.54) is 9.13 Å². The number of rotatable bonds is 3. The van der Waals surface area contributed by atoms with Gasteiger partial charge in [-0.25, -0.2) is 0 Å². The maximum absolute atomic E-state index is 10.5. The molecule has 0 radical (unpaired) electrons. The normalized spacial score (nSPS) is 10.2. The molecule has 2 aromatic carbocycles. The minimum absolute atomic E-state index is 0.136. The van der Waals surface area contributed by atoms with Gasteiger partial charge in [-0.2, -0.15) is 0 Å². The molecule has 2 aromatic rings. The maximum Gasteiger partial charge on any atom is 0.269 e. The molecule has 0 saturated carbocycles. The Morgan fingerprint density at radius 2 is 1.41 bits per heavy atom. The number of nitro groups is 1. The Morgan fingerprint density at radius 3 is 1.88 bits per heavy atom. The van der Waals surface area contributed by atoms with E-state index in [9.17, 15) is 10.1 Å². The first-order valence-electron chi connectivity index (χ1n) is 5.13. The van der Waals surface area contributed by atoms with Gasteiger partial charge >= 0.3 is 0 Å². The summed E-state index contributed by atoms with van der Waals surface area (Å²) in [6.07, 6.45) is 0.801. The van der Waals surface area contributed by atoms with Gasteiger partial charge in [0.25, 0.3) is 5.69 Å². The number of hydrogen-bond acceptors (Lipinski definition) is 2. The summed E-state index contributed by atoms with van der Waals surface area (Å²) in [6.45, 7) is 0. The molecule has 0 saturated heterocycles. The largest absolute Gasteiger partial charge is 0.269 e. The maximum atomic E-state index is 10.5. The zero-order chi connectivity index (χ0) is 12.3. The molecule has 2 rings (SSSR count). The van der Waals surface area contributed by atoms with Gasteiger partial charge in [-0.3, -0.25) is 10.1 Å². The van der Waals surface area contributed by atoms with Gasteiger partial charge in [0.2, 0.25) is 0 Å². The SMILES string of the molecule is O=[N+]([O-])c1ccc(Cc2ccc(I)cc2)cc1. The van der Waals surface area contributed by atoms with Gasteiger partial charge < -0.3 is 0 Å². The van der Waals surface area contributed by atoms with Crippen LogP contribution in [-0.4, -0.2) is 4.92 Å². The van der Waals surface area contributed by atoms with Crippen molar-refractivity contribution in [1.29, 1.82) is 0 Å². The molecule has 86 valence electrons. The predicted molar refractivity (Wildman–Crippen MR) is 75.1 cm³/mol. The zero-order valence-electron chi connectivity index (χ0n) is 8.97. The van der Waals surface area contributed by atoms with Crippen LogP contribution in [0.4, 0.5) is 5.69 Å². The van der Waals surface area contributed by atoms with Crippen LogP contribution in [0.5, 0.6) is 0 Å². The molecule has 0 spiro atoms. The third-order valence-corrected chi connectivity index (χ3v) is 3.19. The quantitative estimate of drug-likeness (QED) is 0.485. The molecule has 17 heavy (non-hydrogen) atoms. The van der Waals surface area contributed by atoms with Gasteiger partial charge in [-0.05, 0) is 52.3 Å². The smallest absolute Gasteiger partial charge is 0.258 e. The van der Waals surface area contributed by atoms with Crippen molar-refractivity contribution in [2.75, 3.05) is 0 Å². The summed E-state index contributed by atoms with van der Waals surface area (Å²) in [7, 11) is 0. The van der Waals surface area contributed by atoms with Gasteiger partial charge in [-0.15, -0.1) is 0 Å². The molecule has 0 aliphatic heterocycles. The zero-order valence-corrected chi connectivity index (χ0v) is 11.1. The Balaban J connectivity index is 2.13. The second kappa shape index (κ2) is 5.27. The van der Waals surface area contributed by atoms with Gasteiger partial charge in [0.05, 0.1) is 4.92 Å². The van der Waals surface area contributed by atoms with E-state index in [4.69, 9.17) is 0 Å². The van der Waals surface area contributed by atoms with Crippen molar-refractivity contribution in [3.8, 4) is 0 Å². The lowest BCUT2D eigenvalue weighted by Crippen LogP contribution is -1.90. The highest BCUT2D eigenvalue weighted by molar-refractivity contribution is 14.1. The molecule has 0 aliphatic rings. The van der Waals surface area contributed by atoms with Crippen LogP contribution in [0, 0.1) is 13.7 Å². The van der Waals surface area contributed by atoms with Crippen molar-refractivity contribution < 1.29 is 4.92 Å². The number of nitrogens with zero attached hydrogens (tertiary/aromatic N) is 1. The minimum atomic E-state index is -0.380. The molecule has 0 aliphatic carbocycles. The van der Waals surface area contributed by atoms with Crippen molar-refractivity contribution in [3.05, 3.63) is 73.3 Å². The van der Waals surface area contributed by atoms with Gasteiger partial charge in [0, 0.05) is 15.7 Å². The summed E-state index contributed by atoms with van der Waals surface area (Å²) in [5, 5.41) is 10.5. The summed E-state index contributed by atoms with van der Waals surface area (Å²) >= 11 is 2.26. The molecule has 0 fully saturated rings. The minimum Gasteiger partial charge on any atom is -0.258 e. The Kier molecular flexibility index (Phi) is 3.73. The van der Waals surface area contributed by atoms with Crippen LogP contribution in [0.3, 0.4) is 0 Å². The van der Waals surface area contributed by atoms with Crippen molar-refractivity contribution in [1.82, 2.24) is 0 Å². The number of halogens is 1. The number of nitro benzene ring substituents is 1. The van der Waals surface area contributed by atoms with Crippen LogP contribution in [0.1, 0.15) is 11.1 Å². The molecule has 4 heteroatoms. The fraction of sp³-hybridized carbons (Fsp3) is 0.0769. The predicted octanol–water partition coefficient (Wildman–Crippen LogP) is 3.79. The van der Waals surface area contributed by atoms with Crippen molar-refractivity contribution in [3.63, 3.8) is 0 Å². The Hall–Kier alpha value is -1.43. The second-order valence-corrected chi connectivity index (χ2v) is 4.97. The fourth-order valence-electron chi connectivity index (χ4n) is 1.57. The van der Waals surface area contributed by atoms with Crippen molar-refractivity contribution in [2.24, 2.45) is 0 Å². The highest BCUT2D eigenvalue weighted by atomic mass is 127. The highest BCUT2D eigenvalue weighted by Gasteiger charge is 2.04. The van der Waals surface area contributed by atoms with Crippen LogP contribution in [0.25, 0.3) is 0 Å². The topological polar surface area (TPSA) is 43.1 Å². The number of benzene rings is 2. The Labute approximate surface area is 113 Å². The van der Waals surface area contributed by atoms with E-state index in [0.717, 1.165) is 12.0 Å². The van der Waals surface area contributed by atoms with Crippen molar-refractivity contribution >= 4 is 28.3 Å². The molecule has 0 heterocycles. The average molecular weight is 339 g/mol. The van der Waals surface area contributed by atoms with E-state index >= 15 is 0 Å². The number of hydrogen-bond donors (Lipinski definition) is 0. The summed E-state index contributed by atoms with van der Waals surface area (Å²) < 4.78 is 1.20. The third-order valence-electron chi connectivity index (χ3n) is 2.47. The molecular formula is C13H10INO2. The summed E-state index contributed by atoms with van der Waals surface area (Å²) in [5.74, 6) is 0. The molecule has 3 nitrogen and oxygen atoms in total. The Bertz CT molecular complexity index is 520. The van der Waals surface area contributed by atoms with Crippen LogP contribution in [-0.2, 0) is 6.42 Å². The summed E-state index contributed by atoms with van der Waals surface area (Å²) in [5.41, 5.74) is 2.42. The van der Waals surface area contributed by atoms with Gasteiger partial charge in [0.15, 0.2) is 0 Å². The molecule has 0 aromatic heterocycles. The van der Waals surface area contributed by atoms with E-state index in [1.807, 2.05) is 0 Å². The first-order valence-corrected chi connectivity index (χ1v) is 6.21. The average Bonchev–Trinajstić information content (AvgIpc) is 2.33.